The Morgan fingerprint density at radius 1 is 1.11 bits per heavy atom. The third-order valence-corrected chi connectivity index (χ3v) is 6.38. The number of aromatic nitrogens is 4. The number of benzene rings is 1. The van der Waals surface area contributed by atoms with Crippen LogP contribution in [-0.2, 0) is 22.1 Å². The van der Waals surface area contributed by atoms with Crippen LogP contribution in [0.15, 0.2) is 30.6 Å². The highest BCUT2D eigenvalue weighted by Crippen LogP contribution is 2.35. The maximum atomic E-state index is 14.8. The summed E-state index contributed by atoms with van der Waals surface area (Å²) >= 11 is 7.13. The van der Waals surface area contributed by atoms with E-state index >= 15 is 0 Å². The summed E-state index contributed by atoms with van der Waals surface area (Å²) in [6.45, 7) is 7.08. The van der Waals surface area contributed by atoms with Crippen LogP contribution < -0.4 is 0 Å². The number of alkyl halides is 3. The Balaban J connectivity index is 1.58. The van der Waals surface area contributed by atoms with Crippen LogP contribution in [0.3, 0.4) is 0 Å². The van der Waals surface area contributed by atoms with Crippen LogP contribution >= 0.6 is 22.9 Å². The summed E-state index contributed by atoms with van der Waals surface area (Å²) < 4.78 is 60.6. The molecular weight excluding hydrogens is 520 g/mol. The van der Waals surface area contributed by atoms with Crippen molar-refractivity contribution in [1.82, 2.24) is 19.6 Å². The number of aryl methyl sites for hydroxylation is 2. The van der Waals surface area contributed by atoms with Crippen LogP contribution in [0.4, 0.5) is 17.6 Å². The zero-order valence-corrected chi connectivity index (χ0v) is 21.3. The van der Waals surface area contributed by atoms with Gasteiger partial charge in [-0.25, -0.2) is 9.37 Å². The van der Waals surface area contributed by atoms with Gasteiger partial charge in [-0.15, -0.1) is 10.2 Å². The first kappa shape index (κ1) is 26.0. The first-order chi connectivity index (χ1) is 16.7. The molecule has 3 aromatic heterocycles. The Labute approximate surface area is 212 Å². The fourth-order valence-electron chi connectivity index (χ4n) is 3.54. The zero-order valence-electron chi connectivity index (χ0n) is 19.7. The number of carbonyl (C=O) groups excluding carboxylic acids is 1. The van der Waals surface area contributed by atoms with Crippen LogP contribution in [0.5, 0.6) is 0 Å². The van der Waals surface area contributed by atoms with Crippen molar-refractivity contribution in [3.8, 4) is 21.3 Å². The highest BCUT2D eigenvalue weighted by atomic mass is 35.5. The fourth-order valence-corrected chi connectivity index (χ4v) is 4.68. The summed E-state index contributed by atoms with van der Waals surface area (Å²) in [5.74, 6) is -0.901. The fraction of sp³-hybridized carbons (Fsp3) is 0.333. The quantitative estimate of drug-likeness (QED) is 0.203. The van der Waals surface area contributed by atoms with Crippen molar-refractivity contribution in [3.63, 3.8) is 0 Å². The van der Waals surface area contributed by atoms with Gasteiger partial charge in [-0.05, 0) is 57.4 Å². The lowest BCUT2D eigenvalue weighted by atomic mass is 10.0. The minimum absolute atomic E-state index is 0.0441. The van der Waals surface area contributed by atoms with E-state index in [-0.39, 0.29) is 29.2 Å². The molecule has 0 unspecified atom stereocenters. The molecule has 190 valence electrons. The Bertz CT molecular complexity index is 1460. The Hall–Kier alpha value is -3.05. The molecule has 12 heteroatoms. The van der Waals surface area contributed by atoms with E-state index in [9.17, 15) is 22.4 Å². The van der Waals surface area contributed by atoms with Gasteiger partial charge in [0.05, 0.1) is 10.6 Å². The average molecular weight is 541 g/mol. The molecule has 1 aromatic carbocycles. The van der Waals surface area contributed by atoms with Crippen LogP contribution in [0.2, 0.25) is 5.02 Å². The number of fused-ring (bicyclic) bond motifs is 1. The number of hydrogen-bond donors (Lipinski definition) is 0. The molecular formula is C24H21ClF4N4O2S. The summed E-state index contributed by atoms with van der Waals surface area (Å²) in [6.07, 6.45) is -2.05. The third-order valence-electron chi connectivity index (χ3n) is 5.12. The molecule has 0 amide bonds. The zero-order chi connectivity index (χ0) is 26.4. The lowest BCUT2D eigenvalue weighted by Gasteiger charge is -2.19. The highest BCUT2D eigenvalue weighted by Gasteiger charge is 2.32. The second-order valence-corrected chi connectivity index (χ2v) is 10.6. The second kappa shape index (κ2) is 9.44. The van der Waals surface area contributed by atoms with Crippen molar-refractivity contribution in [1.29, 1.82) is 0 Å². The van der Waals surface area contributed by atoms with Crippen LogP contribution in [0, 0.1) is 12.7 Å². The summed E-state index contributed by atoms with van der Waals surface area (Å²) in [6, 6.07) is 3.80. The molecule has 3 heterocycles. The minimum Gasteiger partial charge on any atom is -0.460 e. The van der Waals surface area contributed by atoms with E-state index in [1.54, 1.807) is 33.8 Å². The monoisotopic (exact) mass is 540 g/mol. The predicted octanol–water partition coefficient (Wildman–Crippen LogP) is 6.91. The van der Waals surface area contributed by atoms with E-state index in [4.69, 9.17) is 16.3 Å². The van der Waals surface area contributed by atoms with Crippen LogP contribution in [-0.4, -0.2) is 31.2 Å². The largest absolute Gasteiger partial charge is 0.460 e. The van der Waals surface area contributed by atoms with Gasteiger partial charge in [0.1, 0.15) is 22.1 Å². The highest BCUT2D eigenvalue weighted by molar-refractivity contribution is 7.17. The number of rotatable bonds is 5. The molecule has 0 N–H and O–H groups in total. The number of carbonyl (C=O) groups is 1. The normalized spacial score (nSPS) is 12.4. The van der Waals surface area contributed by atoms with Crippen molar-refractivity contribution in [2.75, 3.05) is 0 Å². The first-order valence-corrected chi connectivity index (χ1v) is 12.0. The molecule has 0 aliphatic rings. The molecule has 4 rings (SSSR count). The van der Waals surface area contributed by atoms with E-state index in [0.29, 0.717) is 21.1 Å². The van der Waals surface area contributed by atoms with Crippen LogP contribution in [0.1, 0.15) is 43.9 Å². The molecule has 0 aliphatic heterocycles. The molecule has 0 radical (unpaired) electrons. The number of esters is 1. The van der Waals surface area contributed by atoms with Gasteiger partial charge in [0.15, 0.2) is 10.7 Å². The number of halogens is 5. The molecule has 0 fully saturated rings. The van der Waals surface area contributed by atoms with Crippen molar-refractivity contribution < 1.29 is 27.1 Å². The SMILES string of the molecule is Cc1cc(CCC(=O)OC(C)(C)C)c(F)cc1-c1nnc(-c2cn3cc(C(F)(F)F)cc(Cl)c3n2)s1. The molecule has 0 atom stereocenters. The second-order valence-electron chi connectivity index (χ2n) is 9.19. The number of hydrogen-bond acceptors (Lipinski definition) is 6. The van der Waals surface area contributed by atoms with Gasteiger partial charge in [-0.1, -0.05) is 29.0 Å². The lowest BCUT2D eigenvalue weighted by Crippen LogP contribution is -2.24. The summed E-state index contributed by atoms with van der Waals surface area (Å²) in [7, 11) is 0. The van der Waals surface area contributed by atoms with Crippen molar-refractivity contribution in [3.05, 3.63) is 58.1 Å². The Kier molecular flexibility index (Phi) is 6.82. The van der Waals surface area contributed by atoms with E-state index in [2.05, 4.69) is 15.2 Å². The Morgan fingerprint density at radius 2 is 1.81 bits per heavy atom. The average Bonchev–Trinajstić information content (AvgIpc) is 3.39. The van der Waals surface area contributed by atoms with Crippen molar-refractivity contribution in [2.24, 2.45) is 0 Å². The summed E-state index contributed by atoms with van der Waals surface area (Å²) in [4.78, 5) is 16.3. The lowest BCUT2D eigenvalue weighted by molar-refractivity contribution is -0.154. The van der Waals surface area contributed by atoms with Crippen molar-refractivity contribution in [2.45, 2.75) is 52.3 Å². The van der Waals surface area contributed by atoms with Gasteiger partial charge in [0, 0.05) is 24.4 Å². The number of pyridine rings is 1. The number of ether oxygens (including phenoxy) is 1. The third kappa shape index (κ3) is 5.67. The van der Waals surface area contributed by atoms with Gasteiger partial charge in [-0.3, -0.25) is 4.79 Å². The topological polar surface area (TPSA) is 69.4 Å². The molecule has 4 aromatic rings. The van der Waals surface area contributed by atoms with Gasteiger partial charge in [0.2, 0.25) is 0 Å². The molecule has 0 saturated carbocycles. The van der Waals surface area contributed by atoms with Crippen LogP contribution in [0.25, 0.3) is 26.9 Å². The first-order valence-electron chi connectivity index (χ1n) is 10.8. The molecule has 36 heavy (non-hydrogen) atoms. The number of nitrogens with zero attached hydrogens (tertiary/aromatic N) is 4. The Morgan fingerprint density at radius 3 is 2.47 bits per heavy atom. The summed E-state index contributed by atoms with van der Waals surface area (Å²) in [5.41, 5.74) is 0.532. The standard InChI is InChI=1S/C24H21ClF4N4O2S/c1-12-7-13(5-6-19(34)35-23(2,3)4)17(26)9-15(12)21-31-32-22(36-21)18-11-33-10-14(24(27,28)29)8-16(25)20(33)30-18/h7-11H,5-6H2,1-4H3. The van der Waals surface area contributed by atoms with E-state index < -0.39 is 29.1 Å². The van der Waals surface area contributed by atoms with E-state index in [0.717, 1.165) is 29.2 Å². The van der Waals surface area contributed by atoms with E-state index in [1.807, 2.05) is 0 Å². The smallest absolute Gasteiger partial charge is 0.417 e. The van der Waals surface area contributed by atoms with Gasteiger partial charge >= 0.3 is 12.1 Å². The van der Waals surface area contributed by atoms with Gasteiger partial charge < -0.3 is 9.14 Å². The number of imidazole rings is 1. The van der Waals surface area contributed by atoms with Gasteiger partial charge in [0.25, 0.3) is 0 Å². The molecule has 0 spiro atoms. The molecule has 0 saturated heterocycles. The van der Waals surface area contributed by atoms with E-state index in [1.165, 1.54) is 16.7 Å². The molecule has 6 nitrogen and oxygen atoms in total. The minimum atomic E-state index is -4.56. The maximum absolute atomic E-state index is 14.8. The predicted molar refractivity (Wildman–Crippen MR) is 128 cm³/mol. The molecule has 0 bridgehead atoms. The molecule has 0 aliphatic carbocycles. The van der Waals surface area contributed by atoms with Gasteiger partial charge in [-0.2, -0.15) is 13.2 Å². The van der Waals surface area contributed by atoms with Crippen molar-refractivity contribution >= 4 is 34.6 Å². The summed E-state index contributed by atoms with van der Waals surface area (Å²) in [5, 5.41) is 8.82. The maximum Gasteiger partial charge on any atom is 0.417 e.